The highest BCUT2D eigenvalue weighted by molar-refractivity contribution is 5.67. The van der Waals surface area contributed by atoms with Crippen molar-refractivity contribution in [3.05, 3.63) is 36.1 Å². The molecule has 3 heteroatoms. The van der Waals surface area contributed by atoms with Gasteiger partial charge >= 0.3 is 6.09 Å². The van der Waals surface area contributed by atoms with Crippen LogP contribution in [0.3, 0.4) is 0 Å². The van der Waals surface area contributed by atoms with Gasteiger partial charge in [0.25, 0.3) is 0 Å². The van der Waals surface area contributed by atoms with E-state index in [0.29, 0.717) is 6.54 Å². The number of hydrogen-bond donors (Lipinski definition) is 1. The third kappa shape index (κ3) is 9.06. The van der Waals surface area contributed by atoms with E-state index in [-0.39, 0.29) is 0 Å². The average molecular weight is 223 g/mol. The van der Waals surface area contributed by atoms with Gasteiger partial charge in [-0.05, 0) is 33.6 Å². The molecule has 0 fully saturated rings. The molecule has 3 nitrogen and oxygen atoms in total. The summed E-state index contributed by atoms with van der Waals surface area (Å²) in [7, 11) is 0. The van der Waals surface area contributed by atoms with Gasteiger partial charge < -0.3 is 10.1 Å². The number of hydrogen-bond acceptors (Lipinski definition) is 2. The predicted octanol–water partition coefficient (Wildman–Crippen LogP) is 3.55. The summed E-state index contributed by atoms with van der Waals surface area (Å²) < 4.78 is 4.51. The summed E-state index contributed by atoms with van der Waals surface area (Å²) >= 11 is 0. The number of nitrogens with one attached hydrogen (secondary N) is 1. The van der Waals surface area contributed by atoms with E-state index in [1.54, 1.807) is 0 Å². The maximum Gasteiger partial charge on any atom is 0.412 e. The molecule has 0 saturated heterocycles. The van der Waals surface area contributed by atoms with E-state index in [9.17, 15) is 4.79 Å². The second-order valence-corrected chi connectivity index (χ2v) is 3.82. The molecule has 0 unspecified atom stereocenters. The van der Waals surface area contributed by atoms with Crippen LogP contribution in [0.15, 0.2) is 36.1 Å². The fraction of sp³-hybridized carbons (Fsp3) is 0.462. The van der Waals surface area contributed by atoms with Gasteiger partial charge in [0, 0.05) is 6.54 Å². The highest BCUT2D eigenvalue weighted by atomic mass is 16.5. The molecule has 1 N–H and O–H groups in total. The minimum absolute atomic E-state index is 0.469. The highest BCUT2D eigenvalue weighted by Crippen LogP contribution is 2.05. The van der Waals surface area contributed by atoms with E-state index in [1.165, 1.54) is 11.1 Å². The van der Waals surface area contributed by atoms with Gasteiger partial charge in [-0.15, -0.1) is 0 Å². The number of carbonyl (C=O) groups is 1. The predicted molar refractivity (Wildman–Crippen MR) is 67.1 cm³/mol. The molecule has 0 spiro atoms. The topological polar surface area (TPSA) is 38.3 Å². The Hall–Kier alpha value is -1.51. The molecule has 0 aromatic carbocycles. The molecule has 0 aliphatic carbocycles. The van der Waals surface area contributed by atoms with Gasteiger partial charge in [0.1, 0.15) is 0 Å². The Morgan fingerprint density at radius 1 is 1.31 bits per heavy atom. The van der Waals surface area contributed by atoms with Crippen LogP contribution in [-0.2, 0) is 4.74 Å². The number of amides is 1. The first kappa shape index (κ1) is 14.5. The lowest BCUT2D eigenvalue weighted by Gasteiger charge is -2.01. The van der Waals surface area contributed by atoms with E-state index < -0.39 is 6.09 Å². The standard InChI is InChI=1S/C13H21NO2/c1-5-16-13(15)14-10-9-12(4)8-6-7-11(2)3/h5,7,9H,1,6,8,10H2,2-4H3,(H,14,15)/b12-9+. The van der Waals surface area contributed by atoms with Crippen molar-refractivity contribution in [2.45, 2.75) is 33.6 Å². The first-order valence-electron chi connectivity index (χ1n) is 5.40. The summed E-state index contributed by atoms with van der Waals surface area (Å²) in [4.78, 5) is 10.9. The van der Waals surface area contributed by atoms with E-state index in [0.717, 1.165) is 19.1 Å². The molecule has 0 aliphatic rings. The minimum atomic E-state index is -0.469. The van der Waals surface area contributed by atoms with Crippen LogP contribution in [0.4, 0.5) is 4.79 Å². The van der Waals surface area contributed by atoms with Crippen LogP contribution < -0.4 is 5.32 Å². The van der Waals surface area contributed by atoms with Crippen molar-refractivity contribution >= 4 is 6.09 Å². The zero-order chi connectivity index (χ0) is 12.4. The van der Waals surface area contributed by atoms with Crippen LogP contribution >= 0.6 is 0 Å². The van der Waals surface area contributed by atoms with Crippen molar-refractivity contribution in [3.63, 3.8) is 0 Å². The molecule has 1 amide bonds. The molecular weight excluding hydrogens is 202 g/mol. The molecule has 0 saturated carbocycles. The number of rotatable bonds is 6. The van der Waals surface area contributed by atoms with Crippen LogP contribution in [0.1, 0.15) is 33.6 Å². The molecule has 0 bridgehead atoms. The summed E-state index contributed by atoms with van der Waals surface area (Å²) in [6.45, 7) is 10.0. The minimum Gasteiger partial charge on any atom is -0.419 e. The zero-order valence-electron chi connectivity index (χ0n) is 10.4. The summed E-state index contributed by atoms with van der Waals surface area (Å²) in [5, 5.41) is 2.59. The Morgan fingerprint density at radius 2 is 2.00 bits per heavy atom. The quantitative estimate of drug-likeness (QED) is 0.552. The van der Waals surface area contributed by atoms with Crippen molar-refractivity contribution in [1.82, 2.24) is 5.32 Å². The van der Waals surface area contributed by atoms with Gasteiger partial charge in [0.15, 0.2) is 0 Å². The lowest BCUT2D eigenvalue weighted by Crippen LogP contribution is -2.22. The van der Waals surface area contributed by atoms with Gasteiger partial charge in [-0.3, -0.25) is 0 Å². The molecule has 0 aliphatic heterocycles. The normalized spacial score (nSPS) is 10.6. The lowest BCUT2D eigenvalue weighted by molar-refractivity contribution is 0.187. The Balaban J connectivity index is 3.74. The fourth-order valence-electron chi connectivity index (χ4n) is 1.12. The first-order chi connectivity index (χ1) is 7.56. The monoisotopic (exact) mass is 223 g/mol. The Morgan fingerprint density at radius 3 is 2.56 bits per heavy atom. The van der Waals surface area contributed by atoms with E-state index in [2.05, 4.69) is 43.5 Å². The van der Waals surface area contributed by atoms with Crippen LogP contribution in [0.5, 0.6) is 0 Å². The number of allylic oxidation sites excluding steroid dienone is 3. The maximum absolute atomic E-state index is 10.9. The molecular formula is C13H21NO2. The van der Waals surface area contributed by atoms with Crippen LogP contribution in [0.25, 0.3) is 0 Å². The molecule has 0 heterocycles. The van der Waals surface area contributed by atoms with Crippen molar-refractivity contribution in [3.8, 4) is 0 Å². The summed E-state index contributed by atoms with van der Waals surface area (Å²) in [5.41, 5.74) is 2.59. The molecule has 16 heavy (non-hydrogen) atoms. The average Bonchev–Trinajstić information content (AvgIpc) is 2.17. The summed E-state index contributed by atoms with van der Waals surface area (Å²) in [6.07, 6.45) is 6.90. The third-order valence-corrected chi connectivity index (χ3v) is 1.98. The van der Waals surface area contributed by atoms with E-state index >= 15 is 0 Å². The molecule has 90 valence electrons. The van der Waals surface area contributed by atoms with Crippen molar-refractivity contribution in [1.29, 1.82) is 0 Å². The van der Waals surface area contributed by atoms with Crippen molar-refractivity contribution in [2.24, 2.45) is 0 Å². The summed E-state index contributed by atoms with van der Waals surface area (Å²) in [6, 6.07) is 0. The van der Waals surface area contributed by atoms with Gasteiger partial charge in [-0.2, -0.15) is 0 Å². The Bertz CT molecular complexity index is 286. The zero-order valence-corrected chi connectivity index (χ0v) is 10.4. The third-order valence-electron chi connectivity index (χ3n) is 1.98. The van der Waals surface area contributed by atoms with Crippen molar-refractivity contribution < 1.29 is 9.53 Å². The second kappa shape index (κ2) is 8.77. The second-order valence-electron chi connectivity index (χ2n) is 3.82. The molecule has 0 radical (unpaired) electrons. The van der Waals surface area contributed by atoms with Crippen LogP contribution in [0.2, 0.25) is 0 Å². The molecule has 0 atom stereocenters. The first-order valence-corrected chi connectivity index (χ1v) is 5.40. The number of alkyl carbamates (subject to hydrolysis) is 1. The van der Waals surface area contributed by atoms with Crippen molar-refractivity contribution in [2.75, 3.05) is 6.54 Å². The number of ether oxygens (including phenoxy) is 1. The highest BCUT2D eigenvalue weighted by Gasteiger charge is 1.95. The van der Waals surface area contributed by atoms with Gasteiger partial charge in [0.2, 0.25) is 0 Å². The molecule has 0 aromatic heterocycles. The number of carbonyl (C=O) groups excluding carboxylic acids is 1. The molecule has 0 aromatic rings. The van der Waals surface area contributed by atoms with Gasteiger partial charge in [-0.25, -0.2) is 4.79 Å². The molecule has 0 rings (SSSR count). The SMILES string of the molecule is C=COC(=O)NC/C=C(\C)CCC=C(C)C. The maximum atomic E-state index is 10.9. The summed E-state index contributed by atoms with van der Waals surface area (Å²) in [5.74, 6) is 0. The Labute approximate surface area is 97.9 Å². The Kier molecular flexibility index (Phi) is 7.94. The smallest absolute Gasteiger partial charge is 0.412 e. The lowest BCUT2D eigenvalue weighted by atomic mass is 10.1. The van der Waals surface area contributed by atoms with Gasteiger partial charge in [-0.1, -0.05) is 29.9 Å². The van der Waals surface area contributed by atoms with Crippen LogP contribution in [-0.4, -0.2) is 12.6 Å². The van der Waals surface area contributed by atoms with E-state index in [1.807, 2.05) is 6.08 Å². The van der Waals surface area contributed by atoms with Gasteiger partial charge in [0.05, 0.1) is 6.26 Å². The fourth-order valence-corrected chi connectivity index (χ4v) is 1.12. The largest absolute Gasteiger partial charge is 0.419 e. The van der Waals surface area contributed by atoms with Crippen LogP contribution in [0, 0.1) is 0 Å². The van der Waals surface area contributed by atoms with E-state index in [4.69, 9.17) is 0 Å².